The minimum Gasteiger partial charge on any atom is -0.494 e. The SMILES string of the molecule is COC(=O)Cc1ccc(Nc2cc(-c3c(F)cccc3F)nc3c[nH]c(O)c23)nc1. The van der Waals surface area contributed by atoms with Gasteiger partial charge in [-0.15, -0.1) is 0 Å². The number of ether oxygens (including phenoxy) is 1. The number of benzene rings is 1. The predicted molar refractivity (Wildman–Crippen MR) is 106 cm³/mol. The first kappa shape index (κ1) is 19.3. The summed E-state index contributed by atoms with van der Waals surface area (Å²) < 4.78 is 33.2. The van der Waals surface area contributed by atoms with Crippen molar-refractivity contribution in [2.24, 2.45) is 0 Å². The predicted octanol–water partition coefficient (Wildman–Crippen LogP) is 4.07. The molecule has 0 saturated carbocycles. The number of H-pyrrole nitrogens is 1. The van der Waals surface area contributed by atoms with Gasteiger partial charge in [-0.25, -0.2) is 18.7 Å². The molecule has 3 N–H and O–H groups in total. The van der Waals surface area contributed by atoms with Crippen molar-refractivity contribution in [3.05, 3.63) is 66.0 Å². The third-order valence-corrected chi connectivity index (χ3v) is 4.51. The molecule has 0 fully saturated rings. The Balaban J connectivity index is 1.75. The summed E-state index contributed by atoms with van der Waals surface area (Å²) in [4.78, 5) is 22.5. The van der Waals surface area contributed by atoms with E-state index in [2.05, 4.69) is 25.0 Å². The number of hydrogen-bond acceptors (Lipinski definition) is 6. The van der Waals surface area contributed by atoms with Gasteiger partial charge in [0.2, 0.25) is 0 Å². The molecule has 152 valence electrons. The summed E-state index contributed by atoms with van der Waals surface area (Å²) in [6, 6.07) is 8.33. The Bertz CT molecular complexity index is 1220. The maximum absolute atomic E-state index is 14.3. The highest BCUT2D eigenvalue weighted by Crippen LogP contribution is 2.36. The van der Waals surface area contributed by atoms with Crippen LogP contribution < -0.4 is 5.32 Å². The van der Waals surface area contributed by atoms with Gasteiger partial charge in [-0.05, 0) is 29.8 Å². The molecule has 0 aliphatic rings. The average molecular weight is 410 g/mol. The van der Waals surface area contributed by atoms with Crippen LogP contribution in [-0.2, 0) is 16.0 Å². The van der Waals surface area contributed by atoms with E-state index in [1.54, 1.807) is 12.1 Å². The van der Waals surface area contributed by atoms with Gasteiger partial charge in [-0.1, -0.05) is 12.1 Å². The van der Waals surface area contributed by atoms with Crippen LogP contribution in [0.25, 0.3) is 22.2 Å². The van der Waals surface area contributed by atoms with E-state index in [1.165, 1.54) is 31.6 Å². The van der Waals surface area contributed by atoms with Crippen LogP contribution in [0.1, 0.15) is 5.56 Å². The molecule has 9 heteroatoms. The molecule has 0 spiro atoms. The molecule has 0 atom stereocenters. The Kier molecular flexibility index (Phi) is 5.01. The summed E-state index contributed by atoms with van der Waals surface area (Å²) in [5.41, 5.74) is 1.11. The third-order valence-electron chi connectivity index (χ3n) is 4.51. The standard InChI is InChI=1S/C21H16F2N4O3/c1-30-18(28)7-11-5-6-17(24-9-11)27-15-8-14(19-12(22)3-2-4-13(19)23)26-16-10-25-21(29)20(15)16/h2-6,8-10,25,29H,7H2,1H3,(H,24,27). The average Bonchev–Trinajstić information content (AvgIpc) is 3.10. The Morgan fingerprint density at radius 3 is 2.67 bits per heavy atom. The molecule has 3 heterocycles. The molecule has 3 aromatic heterocycles. The highest BCUT2D eigenvalue weighted by Gasteiger charge is 2.18. The van der Waals surface area contributed by atoms with Crippen LogP contribution in [0.3, 0.4) is 0 Å². The maximum Gasteiger partial charge on any atom is 0.310 e. The monoisotopic (exact) mass is 410 g/mol. The molecule has 0 unspecified atom stereocenters. The molecule has 1 aromatic carbocycles. The Labute approximate surface area is 169 Å². The lowest BCUT2D eigenvalue weighted by atomic mass is 10.1. The lowest BCUT2D eigenvalue weighted by molar-refractivity contribution is -0.139. The van der Waals surface area contributed by atoms with Gasteiger partial charge in [0.1, 0.15) is 17.5 Å². The highest BCUT2D eigenvalue weighted by molar-refractivity contribution is 5.99. The first-order valence-electron chi connectivity index (χ1n) is 8.90. The Morgan fingerprint density at radius 1 is 1.23 bits per heavy atom. The zero-order valence-electron chi connectivity index (χ0n) is 15.7. The molecular weight excluding hydrogens is 394 g/mol. The zero-order valence-corrected chi connectivity index (χ0v) is 15.7. The van der Waals surface area contributed by atoms with Gasteiger partial charge >= 0.3 is 5.97 Å². The van der Waals surface area contributed by atoms with Gasteiger partial charge in [0.15, 0.2) is 5.88 Å². The van der Waals surface area contributed by atoms with E-state index in [-0.39, 0.29) is 29.5 Å². The van der Waals surface area contributed by atoms with Crippen LogP contribution in [0.2, 0.25) is 0 Å². The van der Waals surface area contributed by atoms with Gasteiger partial charge in [-0.3, -0.25) is 4.79 Å². The summed E-state index contributed by atoms with van der Waals surface area (Å²) in [6.45, 7) is 0. The minimum atomic E-state index is -0.752. The number of aromatic nitrogens is 3. The maximum atomic E-state index is 14.3. The lowest BCUT2D eigenvalue weighted by Gasteiger charge is -2.11. The number of carbonyl (C=O) groups is 1. The number of carbonyl (C=O) groups excluding carboxylic acids is 1. The van der Waals surface area contributed by atoms with E-state index in [1.807, 2.05) is 0 Å². The number of esters is 1. The number of nitrogens with zero attached hydrogens (tertiary/aromatic N) is 2. The van der Waals surface area contributed by atoms with Crippen molar-refractivity contribution in [1.82, 2.24) is 15.0 Å². The molecule has 30 heavy (non-hydrogen) atoms. The first-order valence-corrected chi connectivity index (χ1v) is 8.90. The second-order valence-corrected chi connectivity index (χ2v) is 6.48. The second kappa shape index (κ2) is 7.78. The number of nitrogens with one attached hydrogen (secondary N) is 2. The number of hydrogen-bond donors (Lipinski definition) is 3. The van der Waals surface area contributed by atoms with Crippen LogP contribution in [-0.4, -0.2) is 33.1 Å². The van der Waals surface area contributed by atoms with E-state index >= 15 is 0 Å². The van der Waals surface area contributed by atoms with Crippen LogP contribution in [0.15, 0.2) is 48.8 Å². The molecule has 0 aliphatic heterocycles. The normalized spacial score (nSPS) is 10.9. The van der Waals surface area contributed by atoms with Gasteiger partial charge in [0, 0.05) is 12.4 Å². The largest absolute Gasteiger partial charge is 0.494 e. The van der Waals surface area contributed by atoms with Crippen LogP contribution in [0.5, 0.6) is 5.88 Å². The van der Waals surface area contributed by atoms with Gasteiger partial charge < -0.3 is 20.1 Å². The summed E-state index contributed by atoms with van der Waals surface area (Å²) in [5.74, 6) is -1.64. The Hall–Kier alpha value is -4.01. The molecule has 0 aliphatic carbocycles. The van der Waals surface area contributed by atoms with Gasteiger partial charge in [0.25, 0.3) is 0 Å². The van der Waals surface area contributed by atoms with E-state index in [0.29, 0.717) is 28.0 Å². The quantitative estimate of drug-likeness (QED) is 0.429. The fourth-order valence-electron chi connectivity index (χ4n) is 3.08. The molecule has 0 bridgehead atoms. The number of methoxy groups -OCH3 is 1. The van der Waals surface area contributed by atoms with Crippen molar-refractivity contribution in [1.29, 1.82) is 0 Å². The summed E-state index contributed by atoms with van der Waals surface area (Å²) in [7, 11) is 1.31. The third kappa shape index (κ3) is 3.64. The number of pyridine rings is 2. The first-order chi connectivity index (χ1) is 14.5. The smallest absolute Gasteiger partial charge is 0.310 e. The van der Waals surface area contributed by atoms with Crippen molar-refractivity contribution >= 4 is 28.4 Å². The minimum absolute atomic E-state index is 0.0573. The van der Waals surface area contributed by atoms with Crippen molar-refractivity contribution in [2.75, 3.05) is 12.4 Å². The summed E-state index contributed by atoms with van der Waals surface area (Å²) >= 11 is 0. The molecular formula is C21H16F2N4O3. The molecule has 0 saturated heterocycles. The summed E-state index contributed by atoms with van der Waals surface area (Å²) in [6.07, 6.45) is 3.02. The van der Waals surface area contributed by atoms with Gasteiger partial charge in [-0.2, -0.15) is 0 Å². The molecule has 4 rings (SSSR count). The second-order valence-electron chi connectivity index (χ2n) is 6.48. The molecule has 7 nitrogen and oxygen atoms in total. The molecule has 0 radical (unpaired) electrons. The lowest BCUT2D eigenvalue weighted by Crippen LogP contribution is -2.05. The number of fused-ring (bicyclic) bond motifs is 1. The molecule has 0 amide bonds. The van der Waals surface area contributed by atoms with Crippen molar-refractivity contribution in [3.63, 3.8) is 0 Å². The van der Waals surface area contributed by atoms with Crippen LogP contribution in [0.4, 0.5) is 20.3 Å². The van der Waals surface area contributed by atoms with E-state index in [9.17, 15) is 18.7 Å². The number of aromatic amines is 1. The zero-order chi connectivity index (χ0) is 21.3. The van der Waals surface area contributed by atoms with Crippen molar-refractivity contribution < 1.29 is 23.4 Å². The van der Waals surface area contributed by atoms with Crippen LogP contribution >= 0.6 is 0 Å². The topological polar surface area (TPSA) is 100 Å². The van der Waals surface area contributed by atoms with Crippen molar-refractivity contribution in [2.45, 2.75) is 6.42 Å². The van der Waals surface area contributed by atoms with Crippen LogP contribution in [0, 0.1) is 11.6 Å². The number of anilines is 2. The fourth-order valence-corrected chi connectivity index (χ4v) is 3.08. The Morgan fingerprint density at radius 2 is 2.00 bits per heavy atom. The van der Waals surface area contributed by atoms with Gasteiger partial charge in [0.05, 0.1) is 41.4 Å². The highest BCUT2D eigenvalue weighted by atomic mass is 19.1. The van der Waals surface area contributed by atoms with Crippen molar-refractivity contribution in [3.8, 4) is 17.1 Å². The fraction of sp³-hybridized carbons (Fsp3) is 0.0952. The number of aromatic hydroxyl groups is 1. The number of halogens is 2. The molecule has 4 aromatic rings. The van der Waals surface area contributed by atoms with E-state index in [4.69, 9.17) is 0 Å². The summed E-state index contributed by atoms with van der Waals surface area (Å²) in [5, 5.41) is 13.5. The van der Waals surface area contributed by atoms with E-state index < -0.39 is 11.6 Å². The number of rotatable bonds is 5. The van der Waals surface area contributed by atoms with E-state index in [0.717, 1.165) is 12.1 Å².